The highest BCUT2D eigenvalue weighted by atomic mass is 14.0. The average Bonchev–Trinajstić information content (AvgIpc) is 2.54. The second-order valence-electron chi connectivity index (χ2n) is 3.44. The normalized spacial score (nSPS) is 7.40. The molecule has 0 nitrogen and oxygen atoms in total. The smallest absolute Gasteiger partial charge is 0.00258 e. The van der Waals surface area contributed by atoms with Crippen LogP contribution < -0.4 is 0 Å². The van der Waals surface area contributed by atoms with Crippen LogP contribution in [0.2, 0.25) is 0 Å². The molecule has 0 aliphatic rings. The first-order chi connectivity index (χ1) is 9.86. The number of terminal acetylenes is 1. The topological polar surface area (TPSA) is 0 Å². The van der Waals surface area contributed by atoms with Gasteiger partial charge in [-0.3, -0.25) is 0 Å². The summed E-state index contributed by atoms with van der Waals surface area (Å²) in [4.78, 5) is 0. The monoisotopic (exact) mass is 268 g/mol. The summed E-state index contributed by atoms with van der Waals surface area (Å²) in [6, 6.07) is 21.1. The summed E-state index contributed by atoms with van der Waals surface area (Å²) in [5.41, 5.74) is 2.74. The van der Waals surface area contributed by atoms with Crippen molar-refractivity contribution in [2.45, 2.75) is 41.0 Å². The van der Waals surface area contributed by atoms with Crippen molar-refractivity contribution in [1.29, 1.82) is 0 Å². The van der Waals surface area contributed by atoms with E-state index in [0.717, 1.165) is 6.42 Å². The molecule has 0 saturated carbocycles. The summed E-state index contributed by atoms with van der Waals surface area (Å²) in [6.45, 7) is 9.65. The molecule has 0 aliphatic carbocycles. The minimum absolute atomic E-state index is 1.03. The molecular weight excluding hydrogens is 240 g/mol. The first kappa shape index (κ1) is 20.3. The van der Waals surface area contributed by atoms with Crippen LogP contribution in [0.4, 0.5) is 0 Å². The molecule has 0 radical (unpaired) electrons. The molecule has 0 atom stereocenters. The van der Waals surface area contributed by atoms with Crippen LogP contribution in [0.25, 0.3) is 0 Å². The summed E-state index contributed by atoms with van der Waals surface area (Å²) < 4.78 is 0. The van der Waals surface area contributed by atoms with Crippen molar-refractivity contribution >= 4 is 0 Å². The third-order valence-electron chi connectivity index (χ3n) is 2.09. The standard InChI is InChI=1S/C13H12.C3H4.2C2H6/c1-3-7-12(8-4-1)11-13-9-5-2-6-10-13;1-3-2;2*1-2/h1-10H,11H2;1H,2H3;2*1-2H3. The maximum Gasteiger partial charge on any atom is -0.00258 e. The van der Waals surface area contributed by atoms with Crippen LogP contribution in [0.1, 0.15) is 45.7 Å². The lowest BCUT2D eigenvalue weighted by atomic mass is 10.1. The molecule has 0 aliphatic heterocycles. The molecule has 2 rings (SSSR count). The zero-order valence-corrected chi connectivity index (χ0v) is 13.6. The molecular formula is C20H28. The lowest BCUT2D eigenvalue weighted by Crippen LogP contribution is -1.85. The fourth-order valence-corrected chi connectivity index (χ4v) is 1.43. The van der Waals surface area contributed by atoms with Gasteiger partial charge in [0.05, 0.1) is 0 Å². The van der Waals surface area contributed by atoms with Crippen molar-refractivity contribution in [1.82, 2.24) is 0 Å². The van der Waals surface area contributed by atoms with Crippen LogP contribution in [0, 0.1) is 12.3 Å². The van der Waals surface area contributed by atoms with Crippen molar-refractivity contribution in [2.75, 3.05) is 0 Å². The van der Waals surface area contributed by atoms with E-state index in [4.69, 9.17) is 0 Å². The molecule has 20 heavy (non-hydrogen) atoms. The molecule has 2 aromatic carbocycles. The Balaban J connectivity index is 0. The molecule has 0 unspecified atom stereocenters. The van der Waals surface area contributed by atoms with Crippen molar-refractivity contribution in [2.24, 2.45) is 0 Å². The zero-order chi connectivity index (χ0) is 15.6. The first-order valence-corrected chi connectivity index (χ1v) is 7.32. The van der Waals surface area contributed by atoms with Crippen LogP contribution in [0.15, 0.2) is 60.7 Å². The van der Waals surface area contributed by atoms with Crippen LogP contribution in [0.3, 0.4) is 0 Å². The third-order valence-corrected chi connectivity index (χ3v) is 2.09. The minimum Gasteiger partial charge on any atom is -0.120 e. The van der Waals surface area contributed by atoms with Gasteiger partial charge in [-0.25, -0.2) is 0 Å². The zero-order valence-electron chi connectivity index (χ0n) is 13.6. The molecule has 0 bridgehead atoms. The summed E-state index contributed by atoms with van der Waals surface area (Å²) in [6.07, 6.45) is 5.63. The molecule has 2 aromatic rings. The minimum atomic E-state index is 1.03. The molecule has 0 N–H and O–H groups in total. The van der Waals surface area contributed by atoms with E-state index in [9.17, 15) is 0 Å². The summed E-state index contributed by atoms with van der Waals surface area (Å²) in [5, 5.41) is 0. The fourth-order valence-electron chi connectivity index (χ4n) is 1.43. The van der Waals surface area contributed by atoms with E-state index in [-0.39, 0.29) is 0 Å². The van der Waals surface area contributed by atoms with Gasteiger partial charge in [-0.1, -0.05) is 88.4 Å². The highest BCUT2D eigenvalue weighted by Gasteiger charge is 1.92. The maximum atomic E-state index is 4.60. The van der Waals surface area contributed by atoms with E-state index < -0.39 is 0 Å². The van der Waals surface area contributed by atoms with Crippen LogP contribution in [-0.2, 0) is 6.42 Å². The molecule has 0 heteroatoms. The van der Waals surface area contributed by atoms with E-state index >= 15 is 0 Å². The van der Waals surface area contributed by atoms with Gasteiger partial charge >= 0.3 is 0 Å². The van der Waals surface area contributed by atoms with Gasteiger partial charge in [0, 0.05) is 0 Å². The Bertz CT molecular complexity index is 383. The van der Waals surface area contributed by atoms with E-state index in [1.807, 2.05) is 27.7 Å². The number of hydrogen-bond acceptors (Lipinski definition) is 0. The first-order valence-electron chi connectivity index (χ1n) is 7.32. The highest BCUT2D eigenvalue weighted by molar-refractivity contribution is 5.25. The Hall–Kier alpha value is -2.00. The molecule has 0 saturated heterocycles. The Kier molecular flexibility index (Phi) is 17.3. The number of rotatable bonds is 2. The van der Waals surface area contributed by atoms with Crippen LogP contribution in [0.5, 0.6) is 0 Å². The fraction of sp³-hybridized carbons (Fsp3) is 0.300. The maximum absolute atomic E-state index is 4.60. The van der Waals surface area contributed by atoms with E-state index in [1.165, 1.54) is 11.1 Å². The van der Waals surface area contributed by atoms with Crippen molar-refractivity contribution in [3.63, 3.8) is 0 Å². The molecule has 0 aromatic heterocycles. The Morgan fingerprint density at radius 2 is 0.950 bits per heavy atom. The molecule has 0 fully saturated rings. The lowest BCUT2D eigenvalue weighted by molar-refractivity contribution is 1.19. The largest absolute Gasteiger partial charge is 0.120 e. The van der Waals surface area contributed by atoms with Crippen molar-refractivity contribution in [3.8, 4) is 12.3 Å². The molecule has 0 heterocycles. The van der Waals surface area contributed by atoms with Gasteiger partial charge in [-0.2, -0.15) is 0 Å². The molecule has 0 amide bonds. The second kappa shape index (κ2) is 17.0. The quantitative estimate of drug-likeness (QED) is 0.589. The van der Waals surface area contributed by atoms with Gasteiger partial charge in [0.15, 0.2) is 0 Å². The van der Waals surface area contributed by atoms with Crippen LogP contribution in [-0.4, -0.2) is 0 Å². The van der Waals surface area contributed by atoms with E-state index in [1.54, 1.807) is 6.92 Å². The van der Waals surface area contributed by atoms with Gasteiger partial charge in [0.1, 0.15) is 0 Å². The summed E-state index contributed by atoms with van der Waals surface area (Å²) >= 11 is 0. The van der Waals surface area contributed by atoms with Crippen molar-refractivity contribution in [3.05, 3.63) is 71.8 Å². The SMILES string of the molecule is C#CC.CC.CC.c1ccc(Cc2ccccc2)cc1. The van der Waals surface area contributed by atoms with E-state index in [0.29, 0.717) is 0 Å². The van der Waals surface area contributed by atoms with E-state index in [2.05, 4.69) is 73.0 Å². The second-order valence-corrected chi connectivity index (χ2v) is 3.44. The lowest BCUT2D eigenvalue weighted by Gasteiger charge is -2.00. The molecule has 108 valence electrons. The summed E-state index contributed by atoms with van der Waals surface area (Å²) in [5.74, 6) is 2.25. The Labute approximate surface area is 125 Å². The Morgan fingerprint density at radius 1 is 0.700 bits per heavy atom. The number of hydrogen-bond donors (Lipinski definition) is 0. The third kappa shape index (κ3) is 11.1. The van der Waals surface area contributed by atoms with Gasteiger partial charge in [0.25, 0.3) is 0 Å². The highest BCUT2D eigenvalue weighted by Crippen LogP contribution is 2.07. The van der Waals surface area contributed by atoms with Gasteiger partial charge in [0.2, 0.25) is 0 Å². The Morgan fingerprint density at radius 3 is 1.20 bits per heavy atom. The predicted octanol–water partition coefficient (Wildman–Crippen LogP) is 5.97. The van der Waals surface area contributed by atoms with Gasteiger partial charge in [-0.15, -0.1) is 12.3 Å². The van der Waals surface area contributed by atoms with Crippen molar-refractivity contribution < 1.29 is 0 Å². The summed E-state index contributed by atoms with van der Waals surface area (Å²) in [7, 11) is 0. The van der Waals surface area contributed by atoms with Gasteiger partial charge < -0.3 is 0 Å². The van der Waals surface area contributed by atoms with Gasteiger partial charge in [-0.05, 0) is 24.5 Å². The molecule has 0 spiro atoms. The predicted molar refractivity (Wildman–Crippen MR) is 92.9 cm³/mol. The average molecular weight is 268 g/mol. The number of benzene rings is 2. The van der Waals surface area contributed by atoms with Crippen LogP contribution >= 0.6 is 0 Å².